The highest BCUT2D eigenvalue weighted by Crippen LogP contribution is 2.10. The molecule has 0 aliphatic carbocycles. The van der Waals surface area contributed by atoms with E-state index in [0.29, 0.717) is 5.75 Å². The Hall–Kier alpha value is -1.84. The molecule has 0 spiro atoms. The number of esters is 1. The van der Waals surface area contributed by atoms with Crippen LogP contribution in [0.5, 0.6) is 5.75 Å². The monoisotopic (exact) mass is 179 g/mol. The van der Waals surface area contributed by atoms with Crippen molar-refractivity contribution >= 4 is 12.2 Å². The van der Waals surface area contributed by atoms with Crippen molar-refractivity contribution in [1.82, 2.24) is 0 Å². The summed E-state index contributed by atoms with van der Waals surface area (Å²) in [6.07, 6.45) is 1.29. The molecular weight excluding hydrogens is 170 g/mol. The maximum Gasteiger partial charge on any atom is 0.308 e. The number of hydrogen-bond acceptors (Lipinski definition) is 4. The number of benzene rings is 1. The fraction of sp³-hybridized carbons (Fsp3) is 0.111. The average Bonchev–Trinajstić information content (AvgIpc) is 2.08. The summed E-state index contributed by atoms with van der Waals surface area (Å²) in [5.41, 5.74) is 0.735. The van der Waals surface area contributed by atoms with Crippen LogP contribution in [-0.4, -0.2) is 17.4 Å². The molecule has 1 rings (SSSR count). The van der Waals surface area contributed by atoms with Crippen LogP contribution in [0.2, 0.25) is 0 Å². The van der Waals surface area contributed by atoms with Gasteiger partial charge in [0.15, 0.2) is 0 Å². The van der Waals surface area contributed by atoms with Gasteiger partial charge in [-0.1, -0.05) is 5.16 Å². The van der Waals surface area contributed by atoms with Crippen molar-refractivity contribution in [2.45, 2.75) is 6.92 Å². The lowest BCUT2D eigenvalue weighted by atomic mass is 10.2. The minimum Gasteiger partial charge on any atom is -0.427 e. The van der Waals surface area contributed by atoms with Crippen LogP contribution in [0.15, 0.2) is 29.4 Å². The van der Waals surface area contributed by atoms with Crippen LogP contribution < -0.4 is 4.74 Å². The quantitative estimate of drug-likeness (QED) is 0.245. The lowest BCUT2D eigenvalue weighted by Crippen LogP contribution is -2.00. The van der Waals surface area contributed by atoms with E-state index in [9.17, 15) is 4.79 Å². The molecule has 0 amide bonds. The number of nitrogens with zero attached hydrogens (tertiary/aromatic N) is 1. The van der Waals surface area contributed by atoms with Crippen molar-refractivity contribution in [3.8, 4) is 5.75 Å². The van der Waals surface area contributed by atoms with Gasteiger partial charge in [-0.15, -0.1) is 0 Å². The van der Waals surface area contributed by atoms with Crippen LogP contribution in [-0.2, 0) is 4.79 Å². The van der Waals surface area contributed by atoms with Crippen molar-refractivity contribution in [3.05, 3.63) is 29.8 Å². The average molecular weight is 179 g/mol. The SMILES string of the molecule is CC(=O)Oc1ccc(C=NO)cc1. The Balaban J connectivity index is 2.75. The molecule has 0 saturated carbocycles. The van der Waals surface area contributed by atoms with Crippen molar-refractivity contribution in [2.75, 3.05) is 0 Å². The highest BCUT2D eigenvalue weighted by molar-refractivity contribution is 5.79. The Kier molecular flexibility index (Phi) is 3.03. The molecule has 0 fully saturated rings. The lowest BCUT2D eigenvalue weighted by Gasteiger charge is -1.99. The third-order valence-corrected chi connectivity index (χ3v) is 1.35. The van der Waals surface area contributed by atoms with Crippen LogP contribution in [0.25, 0.3) is 0 Å². The largest absolute Gasteiger partial charge is 0.427 e. The Labute approximate surface area is 75.4 Å². The molecule has 68 valence electrons. The number of hydrogen-bond donors (Lipinski definition) is 1. The van der Waals surface area contributed by atoms with Crippen LogP contribution >= 0.6 is 0 Å². The zero-order valence-corrected chi connectivity index (χ0v) is 7.10. The molecule has 0 atom stereocenters. The molecule has 4 heteroatoms. The molecular formula is C9H9NO3. The standard InChI is InChI=1S/C9H9NO3/c1-7(11)13-9-4-2-8(3-5-9)6-10-12/h2-6,12H,1H3. The zero-order chi connectivity index (χ0) is 9.68. The van der Waals surface area contributed by atoms with Crippen molar-refractivity contribution in [2.24, 2.45) is 5.16 Å². The normalized spacial score (nSPS) is 10.2. The second-order valence-electron chi connectivity index (χ2n) is 2.41. The maximum absolute atomic E-state index is 10.5. The molecule has 0 aromatic heterocycles. The first-order valence-corrected chi connectivity index (χ1v) is 3.68. The predicted octanol–water partition coefficient (Wildman–Crippen LogP) is 1.42. The Morgan fingerprint density at radius 2 is 2.08 bits per heavy atom. The van der Waals surface area contributed by atoms with Gasteiger partial charge in [-0.05, 0) is 29.8 Å². The molecule has 0 aliphatic rings. The van der Waals surface area contributed by atoms with E-state index in [4.69, 9.17) is 9.94 Å². The van der Waals surface area contributed by atoms with Crippen LogP contribution in [0.4, 0.5) is 0 Å². The van der Waals surface area contributed by atoms with Gasteiger partial charge in [-0.3, -0.25) is 4.79 Å². The molecule has 0 aliphatic heterocycles. The number of carbonyl (C=O) groups is 1. The van der Waals surface area contributed by atoms with Gasteiger partial charge in [0.1, 0.15) is 5.75 Å². The zero-order valence-electron chi connectivity index (χ0n) is 7.10. The molecule has 0 heterocycles. The minimum atomic E-state index is -0.358. The summed E-state index contributed by atoms with van der Waals surface area (Å²) in [5, 5.41) is 11.1. The van der Waals surface area contributed by atoms with Gasteiger partial charge in [-0.25, -0.2) is 0 Å². The first-order chi connectivity index (χ1) is 6.22. The van der Waals surface area contributed by atoms with Gasteiger partial charge in [0.25, 0.3) is 0 Å². The van der Waals surface area contributed by atoms with Gasteiger partial charge in [-0.2, -0.15) is 0 Å². The molecule has 0 radical (unpaired) electrons. The van der Waals surface area contributed by atoms with E-state index in [-0.39, 0.29) is 5.97 Å². The number of oxime groups is 1. The molecule has 0 saturated heterocycles. The van der Waals surface area contributed by atoms with E-state index in [1.165, 1.54) is 13.1 Å². The molecule has 1 N–H and O–H groups in total. The summed E-state index contributed by atoms with van der Waals surface area (Å²) >= 11 is 0. The first kappa shape index (κ1) is 9.25. The smallest absolute Gasteiger partial charge is 0.308 e. The summed E-state index contributed by atoms with van der Waals surface area (Å²) in [4.78, 5) is 10.5. The summed E-state index contributed by atoms with van der Waals surface area (Å²) in [6, 6.07) is 6.60. The van der Waals surface area contributed by atoms with Gasteiger partial charge >= 0.3 is 5.97 Å². The van der Waals surface area contributed by atoms with Gasteiger partial charge in [0.2, 0.25) is 0 Å². The summed E-state index contributed by atoms with van der Waals surface area (Å²) in [6.45, 7) is 1.34. The van der Waals surface area contributed by atoms with E-state index < -0.39 is 0 Å². The van der Waals surface area contributed by atoms with E-state index in [1.807, 2.05) is 0 Å². The van der Waals surface area contributed by atoms with E-state index >= 15 is 0 Å². The number of rotatable bonds is 2. The highest BCUT2D eigenvalue weighted by Gasteiger charge is 1.96. The molecule has 4 nitrogen and oxygen atoms in total. The number of carbonyl (C=O) groups excluding carboxylic acids is 1. The van der Waals surface area contributed by atoms with Gasteiger partial charge < -0.3 is 9.94 Å². The third-order valence-electron chi connectivity index (χ3n) is 1.35. The first-order valence-electron chi connectivity index (χ1n) is 3.68. The fourth-order valence-corrected chi connectivity index (χ4v) is 0.855. The van der Waals surface area contributed by atoms with E-state index in [0.717, 1.165) is 5.56 Å². The Morgan fingerprint density at radius 3 is 2.54 bits per heavy atom. The van der Waals surface area contributed by atoms with Crippen LogP contribution in [0, 0.1) is 0 Å². The molecule has 1 aromatic rings. The second-order valence-corrected chi connectivity index (χ2v) is 2.41. The second kappa shape index (κ2) is 4.25. The topological polar surface area (TPSA) is 58.9 Å². The third kappa shape index (κ3) is 2.94. The highest BCUT2D eigenvalue weighted by atomic mass is 16.5. The summed E-state index contributed by atoms with van der Waals surface area (Å²) < 4.78 is 4.80. The summed E-state index contributed by atoms with van der Waals surface area (Å²) in [5.74, 6) is 0.117. The molecule has 1 aromatic carbocycles. The van der Waals surface area contributed by atoms with Crippen molar-refractivity contribution in [1.29, 1.82) is 0 Å². The lowest BCUT2D eigenvalue weighted by molar-refractivity contribution is -0.131. The predicted molar refractivity (Wildman–Crippen MR) is 47.1 cm³/mol. The summed E-state index contributed by atoms with van der Waals surface area (Å²) in [7, 11) is 0. The van der Waals surface area contributed by atoms with E-state index in [1.54, 1.807) is 24.3 Å². The molecule has 0 unspecified atom stereocenters. The minimum absolute atomic E-state index is 0.358. The van der Waals surface area contributed by atoms with Crippen LogP contribution in [0.1, 0.15) is 12.5 Å². The van der Waals surface area contributed by atoms with Crippen LogP contribution in [0.3, 0.4) is 0 Å². The van der Waals surface area contributed by atoms with E-state index in [2.05, 4.69) is 5.16 Å². The molecule has 0 bridgehead atoms. The Morgan fingerprint density at radius 1 is 1.46 bits per heavy atom. The number of ether oxygens (including phenoxy) is 1. The van der Waals surface area contributed by atoms with Crippen molar-refractivity contribution < 1.29 is 14.7 Å². The maximum atomic E-state index is 10.5. The molecule has 13 heavy (non-hydrogen) atoms. The van der Waals surface area contributed by atoms with Gasteiger partial charge in [0.05, 0.1) is 6.21 Å². The fourth-order valence-electron chi connectivity index (χ4n) is 0.855. The van der Waals surface area contributed by atoms with Gasteiger partial charge in [0, 0.05) is 6.92 Å². The van der Waals surface area contributed by atoms with Crippen molar-refractivity contribution in [3.63, 3.8) is 0 Å². The Bertz CT molecular complexity index is 316.